The molecule has 12 heavy (non-hydrogen) atoms. The Labute approximate surface area is 79.1 Å². The van der Waals surface area contributed by atoms with E-state index in [9.17, 15) is 0 Å². The maximum absolute atomic E-state index is 8.20. The molecule has 0 aliphatic rings. The van der Waals surface area contributed by atoms with Crippen molar-refractivity contribution < 1.29 is 0 Å². The molecular formula is C9H5BrN2. The molecule has 1 rings (SSSR count). The summed E-state index contributed by atoms with van der Waals surface area (Å²) in [4.78, 5) is 0. The number of nitrogen functional groups attached to an aromatic ring is 1. The molecule has 1 aromatic carbocycles. The summed E-state index contributed by atoms with van der Waals surface area (Å²) in [5.74, 6) is 4.92. The fourth-order valence-corrected chi connectivity index (χ4v) is 1.12. The lowest BCUT2D eigenvalue weighted by atomic mass is 10.2. The second-order valence-electron chi connectivity index (χ2n) is 2.09. The van der Waals surface area contributed by atoms with Crippen molar-refractivity contribution in [1.29, 1.82) is 5.26 Å². The fourth-order valence-electron chi connectivity index (χ4n) is 0.743. The molecule has 0 saturated heterocycles. The number of rotatable bonds is 0. The molecule has 3 heteroatoms. The van der Waals surface area contributed by atoms with Gasteiger partial charge in [0.25, 0.3) is 0 Å². The molecule has 0 aliphatic heterocycles. The molecular weight excluding hydrogens is 216 g/mol. The van der Waals surface area contributed by atoms with Crippen molar-refractivity contribution in [2.75, 3.05) is 5.73 Å². The monoisotopic (exact) mass is 220 g/mol. The van der Waals surface area contributed by atoms with E-state index in [4.69, 9.17) is 11.0 Å². The summed E-state index contributed by atoms with van der Waals surface area (Å²) >= 11 is 3.27. The van der Waals surface area contributed by atoms with Crippen molar-refractivity contribution >= 4 is 21.6 Å². The number of hydrogen-bond donors (Lipinski definition) is 1. The molecule has 58 valence electrons. The zero-order valence-corrected chi connectivity index (χ0v) is 7.72. The van der Waals surface area contributed by atoms with E-state index >= 15 is 0 Å². The van der Waals surface area contributed by atoms with Crippen molar-refractivity contribution in [2.24, 2.45) is 0 Å². The maximum atomic E-state index is 8.20. The van der Waals surface area contributed by atoms with Gasteiger partial charge in [-0.25, -0.2) is 0 Å². The van der Waals surface area contributed by atoms with Crippen LogP contribution in [0.25, 0.3) is 0 Å². The summed E-state index contributed by atoms with van der Waals surface area (Å²) < 4.78 is 0.905. The normalized spacial score (nSPS) is 8.00. The van der Waals surface area contributed by atoms with Crippen molar-refractivity contribution in [1.82, 2.24) is 0 Å². The second kappa shape index (κ2) is 3.80. The van der Waals surface area contributed by atoms with E-state index in [0.29, 0.717) is 11.3 Å². The predicted molar refractivity (Wildman–Crippen MR) is 51.0 cm³/mol. The second-order valence-corrected chi connectivity index (χ2v) is 3.01. The van der Waals surface area contributed by atoms with Crippen LogP contribution in [0.4, 0.5) is 5.69 Å². The molecule has 0 radical (unpaired) electrons. The fraction of sp³-hybridized carbons (Fsp3) is 0. The van der Waals surface area contributed by atoms with E-state index in [1.54, 1.807) is 18.2 Å². The van der Waals surface area contributed by atoms with E-state index in [1.807, 2.05) is 6.07 Å². The first kappa shape index (κ1) is 8.64. The molecule has 0 amide bonds. The summed E-state index contributed by atoms with van der Waals surface area (Å²) in [6.45, 7) is 0. The van der Waals surface area contributed by atoms with E-state index in [1.165, 1.54) is 0 Å². The molecule has 0 fully saturated rings. The Kier molecular flexibility index (Phi) is 2.74. The van der Waals surface area contributed by atoms with Crippen molar-refractivity contribution in [3.05, 3.63) is 28.2 Å². The van der Waals surface area contributed by atoms with Crippen LogP contribution < -0.4 is 5.73 Å². The maximum Gasteiger partial charge on any atom is 0.152 e. The minimum absolute atomic E-state index is 0.576. The van der Waals surface area contributed by atoms with Crippen LogP contribution >= 0.6 is 15.9 Å². The molecule has 0 spiro atoms. The minimum Gasteiger partial charge on any atom is -0.398 e. The molecule has 0 aromatic heterocycles. The Morgan fingerprint density at radius 1 is 1.42 bits per heavy atom. The molecule has 0 atom stereocenters. The Hall–Kier alpha value is -1.45. The molecule has 0 heterocycles. The van der Waals surface area contributed by atoms with E-state index in [-0.39, 0.29) is 0 Å². The Morgan fingerprint density at radius 3 is 2.75 bits per heavy atom. The van der Waals surface area contributed by atoms with Crippen LogP contribution in [0.1, 0.15) is 5.56 Å². The number of hydrogen-bond acceptors (Lipinski definition) is 2. The third-order valence-electron chi connectivity index (χ3n) is 1.27. The third-order valence-corrected chi connectivity index (χ3v) is 1.76. The van der Waals surface area contributed by atoms with Crippen LogP contribution in [0.5, 0.6) is 0 Å². The SMILES string of the molecule is N#CC#Cc1ccc(Br)cc1N. The molecule has 0 aliphatic carbocycles. The topological polar surface area (TPSA) is 49.8 Å². The van der Waals surface area contributed by atoms with Gasteiger partial charge in [-0.05, 0) is 24.1 Å². The van der Waals surface area contributed by atoms with Gasteiger partial charge in [-0.1, -0.05) is 15.9 Å². The number of nitriles is 1. The van der Waals surface area contributed by atoms with E-state index < -0.39 is 0 Å². The summed E-state index contributed by atoms with van der Waals surface area (Å²) in [6.07, 6.45) is 0. The first-order valence-corrected chi connectivity index (χ1v) is 3.98. The number of anilines is 1. The van der Waals surface area contributed by atoms with E-state index in [2.05, 4.69) is 27.8 Å². The van der Waals surface area contributed by atoms with Gasteiger partial charge in [-0.3, -0.25) is 0 Å². The summed E-state index contributed by atoms with van der Waals surface area (Å²) in [6, 6.07) is 7.08. The summed E-state index contributed by atoms with van der Waals surface area (Å²) in [5.41, 5.74) is 6.88. The number of benzene rings is 1. The van der Waals surface area contributed by atoms with Gasteiger partial charge in [-0.2, -0.15) is 5.26 Å². The van der Waals surface area contributed by atoms with Crippen LogP contribution in [0.15, 0.2) is 22.7 Å². The summed E-state index contributed by atoms with van der Waals surface area (Å²) in [7, 11) is 0. The van der Waals surface area contributed by atoms with Gasteiger partial charge < -0.3 is 5.73 Å². The van der Waals surface area contributed by atoms with Crippen LogP contribution in [-0.2, 0) is 0 Å². The average molecular weight is 221 g/mol. The lowest BCUT2D eigenvalue weighted by Crippen LogP contribution is -1.89. The van der Waals surface area contributed by atoms with Gasteiger partial charge in [0.05, 0.1) is 0 Å². The standard InChI is InChI=1S/C9H5BrN2/c10-8-4-3-7(2-1-5-11)9(12)6-8/h3-4,6H,12H2. The zero-order valence-electron chi connectivity index (χ0n) is 6.13. The lowest BCUT2D eigenvalue weighted by Gasteiger charge is -1.96. The smallest absolute Gasteiger partial charge is 0.152 e. The molecule has 2 N–H and O–H groups in total. The van der Waals surface area contributed by atoms with E-state index in [0.717, 1.165) is 4.47 Å². The molecule has 0 unspecified atom stereocenters. The third kappa shape index (κ3) is 2.02. The average Bonchev–Trinajstić information content (AvgIpc) is 2.03. The van der Waals surface area contributed by atoms with Crippen LogP contribution in [0.3, 0.4) is 0 Å². The first-order valence-electron chi connectivity index (χ1n) is 3.19. The number of nitrogens with zero attached hydrogens (tertiary/aromatic N) is 1. The molecule has 0 saturated carbocycles. The van der Waals surface area contributed by atoms with Crippen molar-refractivity contribution in [2.45, 2.75) is 0 Å². The van der Waals surface area contributed by atoms with Crippen LogP contribution in [-0.4, -0.2) is 0 Å². The van der Waals surface area contributed by atoms with Crippen LogP contribution in [0.2, 0.25) is 0 Å². The van der Waals surface area contributed by atoms with Gasteiger partial charge in [0.2, 0.25) is 0 Å². The van der Waals surface area contributed by atoms with Gasteiger partial charge >= 0.3 is 0 Å². The van der Waals surface area contributed by atoms with Gasteiger partial charge in [0.15, 0.2) is 6.07 Å². The Morgan fingerprint density at radius 2 is 2.17 bits per heavy atom. The highest BCUT2D eigenvalue weighted by Gasteiger charge is 1.94. The van der Waals surface area contributed by atoms with Crippen LogP contribution in [0, 0.1) is 23.2 Å². The highest BCUT2D eigenvalue weighted by atomic mass is 79.9. The molecule has 0 bridgehead atoms. The summed E-state index contributed by atoms with van der Waals surface area (Å²) in [5, 5.41) is 8.20. The Bertz CT molecular complexity index is 393. The van der Waals surface area contributed by atoms with Gasteiger partial charge in [-0.15, -0.1) is 0 Å². The largest absolute Gasteiger partial charge is 0.398 e. The van der Waals surface area contributed by atoms with Gasteiger partial charge in [0.1, 0.15) is 0 Å². The number of nitrogens with two attached hydrogens (primary N) is 1. The highest BCUT2D eigenvalue weighted by molar-refractivity contribution is 9.10. The zero-order chi connectivity index (χ0) is 8.97. The predicted octanol–water partition coefficient (Wildman–Crippen LogP) is 1.91. The highest BCUT2D eigenvalue weighted by Crippen LogP contribution is 2.17. The quantitative estimate of drug-likeness (QED) is 0.537. The first-order chi connectivity index (χ1) is 5.74. The molecule has 2 nitrogen and oxygen atoms in total. The molecule has 1 aromatic rings. The lowest BCUT2D eigenvalue weighted by molar-refractivity contribution is 1.54. The van der Waals surface area contributed by atoms with Crippen molar-refractivity contribution in [3.8, 4) is 17.9 Å². The minimum atomic E-state index is 0.576. The Balaban J connectivity index is 3.12. The van der Waals surface area contributed by atoms with Gasteiger partial charge in [0, 0.05) is 21.6 Å². The van der Waals surface area contributed by atoms with Crippen molar-refractivity contribution in [3.63, 3.8) is 0 Å². The number of halogens is 1.